The van der Waals surface area contributed by atoms with Crippen LogP contribution in [0, 0.1) is 0 Å². The molecular weight excluding hydrogens is 92.1 g/mol. The zero-order valence-corrected chi connectivity index (χ0v) is 5.52. The van der Waals surface area contributed by atoms with Crippen LogP contribution in [-0.4, -0.2) is 16.4 Å². The molecule has 0 atom stereocenters. The minimum Gasteiger partial charge on any atom is -0.419 e. The molecule has 0 aromatic carbocycles. The Hall–Kier alpha value is -0.0831. The van der Waals surface area contributed by atoms with Crippen LogP contribution in [0.2, 0.25) is 0 Å². The molecule has 0 fully saturated rings. The molecule has 0 heterocycles. The Morgan fingerprint density at radius 2 is 2.67 bits per heavy atom. The van der Waals surface area contributed by atoms with E-state index < -0.39 is 0 Å². The summed E-state index contributed by atoms with van der Waals surface area (Å²) in [6, 6.07) is 0. The Labute approximate surface area is 41.0 Å². The van der Waals surface area contributed by atoms with Crippen molar-refractivity contribution >= 4 is 9.76 Å². The molecule has 0 aliphatic heterocycles. The molecule has 0 aliphatic carbocycles. The van der Waals surface area contributed by atoms with E-state index in [9.17, 15) is 0 Å². The maximum Gasteiger partial charge on any atom is 0.184 e. The third-order valence-electron chi connectivity index (χ3n) is 0.440. The minimum absolute atomic E-state index is 0.314. The smallest absolute Gasteiger partial charge is 0.184 e. The van der Waals surface area contributed by atoms with Gasteiger partial charge in [0, 0.05) is 6.61 Å². The largest absolute Gasteiger partial charge is 0.419 e. The maximum absolute atomic E-state index is 5.00. The van der Waals surface area contributed by atoms with E-state index in [-0.39, 0.29) is 9.76 Å². The van der Waals surface area contributed by atoms with Crippen LogP contribution in [0.25, 0.3) is 0 Å². The van der Waals surface area contributed by atoms with Crippen LogP contribution in [0.15, 0.2) is 12.3 Å². The lowest BCUT2D eigenvalue weighted by molar-refractivity contribution is 0.367. The number of hydrogen-bond donors (Lipinski definition) is 0. The van der Waals surface area contributed by atoms with Gasteiger partial charge in [-0.2, -0.15) is 0 Å². The van der Waals surface area contributed by atoms with Gasteiger partial charge in [0.05, 0.1) is 0 Å². The van der Waals surface area contributed by atoms with Crippen LogP contribution in [0.5, 0.6) is 0 Å². The van der Waals surface area contributed by atoms with E-state index in [2.05, 4.69) is 6.58 Å². The van der Waals surface area contributed by atoms with Gasteiger partial charge in [-0.3, -0.25) is 0 Å². The zero-order valence-electron chi connectivity index (χ0n) is 4.11. The van der Waals surface area contributed by atoms with Crippen molar-refractivity contribution < 1.29 is 4.43 Å². The summed E-state index contributed by atoms with van der Waals surface area (Å²) >= 11 is 0. The lowest BCUT2D eigenvalue weighted by Gasteiger charge is -1.87. The highest BCUT2D eigenvalue weighted by Crippen LogP contribution is 1.65. The van der Waals surface area contributed by atoms with E-state index in [4.69, 9.17) is 4.43 Å². The molecule has 0 unspecified atom stereocenters. The monoisotopic (exact) mass is 102 g/mol. The quantitative estimate of drug-likeness (QED) is 0.366. The van der Waals surface area contributed by atoms with E-state index in [1.807, 2.05) is 12.6 Å². The second-order valence-corrected chi connectivity index (χ2v) is 2.27. The number of rotatable bonds is 3. The highest BCUT2D eigenvalue weighted by atomic mass is 28.2. The van der Waals surface area contributed by atoms with Gasteiger partial charge >= 0.3 is 0 Å². The standard InChI is InChI=1S/C4H10OSi/c1-3-5-6-4-2/h4H,2-3,6H2,1H3. The molecule has 0 saturated carbocycles. The summed E-state index contributed by atoms with van der Waals surface area (Å²) in [4.78, 5) is 0. The lowest BCUT2D eigenvalue weighted by Crippen LogP contribution is -1.91. The zero-order chi connectivity index (χ0) is 4.83. The van der Waals surface area contributed by atoms with Crippen molar-refractivity contribution in [3.8, 4) is 0 Å². The van der Waals surface area contributed by atoms with E-state index in [1.54, 1.807) is 0 Å². The molecule has 0 rings (SSSR count). The molecule has 0 bridgehead atoms. The molecule has 0 amide bonds. The summed E-state index contributed by atoms with van der Waals surface area (Å²) in [6.07, 6.45) is 0. The number of hydrogen-bond acceptors (Lipinski definition) is 1. The highest BCUT2D eigenvalue weighted by molar-refractivity contribution is 6.33. The highest BCUT2D eigenvalue weighted by Gasteiger charge is 1.69. The van der Waals surface area contributed by atoms with Gasteiger partial charge in [-0.05, 0) is 6.92 Å². The molecule has 0 aromatic heterocycles. The van der Waals surface area contributed by atoms with Crippen LogP contribution in [0.3, 0.4) is 0 Å². The summed E-state index contributed by atoms with van der Waals surface area (Å²) in [5, 5.41) is 0. The first-order valence-electron chi connectivity index (χ1n) is 2.10. The van der Waals surface area contributed by atoms with Gasteiger partial charge in [0.25, 0.3) is 0 Å². The van der Waals surface area contributed by atoms with Crippen LogP contribution in [-0.2, 0) is 4.43 Å². The van der Waals surface area contributed by atoms with Crippen molar-refractivity contribution in [3.63, 3.8) is 0 Å². The van der Waals surface area contributed by atoms with Gasteiger partial charge in [-0.1, -0.05) is 5.70 Å². The van der Waals surface area contributed by atoms with Crippen LogP contribution < -0.4 is 0 Å². The first-order chi connectivity index (χ1) is 2.91. The Balaban J connectivity index is 2.49. The minimum atomic E-state index is -0.314. The normalized spacial score (nSPS) is 10.2. The van der Waals surface area contributed by atoms with Crippen molar-refractivity contribution in [1.29, 1.82) is 0 Å². The average molecular weight is 102 g/mol. The Morgan fingerprint density at radius 3 is 2.83 bits per heavy atom. The molecule has 6 heavy (non-hydrogen) atoms. The van der Waals surface area contributed by atoms with E-state index in [1.165, 1.54) is 0 Å². The fraction of sp³-hybridized carbons (Fsp3) is 0.500. The lowest BCUT2D eigenvalue weighted by atomic mass is 10.9. The molecule has 0 saturated heterocycles. The summed E-state index contributed by atoms with van der Waals surface area (Å²) in [6.45, 7) is 6.38. The molecule has 1 nitrogen and oxygen atoms in total. The van der Waals surface area contributed by atoms with Crippen LogP contribution in [0.1, 0.15) is 6.92 Å². The molecule has 0 spiro atoms. The summed E-state index contributed by atoms with van der Waals surface area (Å²) in [5.74, 6) is 0. The van der Waals surface area contributed by atoms with Crippen molar-refractivity contribution in [2.45, 2.75) is 6.92 Å². The maximum atomic E-state index is 5.00. The van der Waals surface area contributed by atoms with Gasteiger partial charge in [0.1, 0.15) is 0 Å². The van der Waals surface area contributed by atoms with Crippen LogP contribution >= 0.6 is 0 Å². The SMILES string of the molecule is C=C[SiH2]OCC. The van der Waals surface area contributed by atoms with Crippen molar-refractivity contribution in [2.24, 2.45) is 0 Å². The van der Waals surface area contributed by atoms with Gasteiger partial charge < -0.3 is 4.43 Å². The third kappa shape index (κ3) is 3.92. The van der Waals surface area contributed by atoms with Crippen molar-refractivity contribution in [2.75, 3.05) is 6.61 Å². The van der Waals surface area contributed by atoms with E-state index in [0.717, 1.165) is 6.61 Å². The van der Waals surface area contributed by atoms with Crippen molar-refractivity contribution in [1.82, 2.24) is 0 Å². The molecule has 0 radical (unpaired) electrons. The third-order valence-corrected chi connectivity index (χ3v) is 1.32. The van der Waals surface area contributed by atoms with Crippen LogP contribution in [0.4, 0.5) is 0 Å². The topological polar surface area (TPSA) is 9.23 Å². The summed E-state index contributed by atoms with van der Waals surface area (Å²) in [5.41, 5.74) is 1.88. The van der Waals surface area contributed by atoms with E-state index >= 15 is 0 Å². The average Bonchev–Trinajstić information content (AvgIpc) is 1.61. The first-order valence-corrected chi connectivity index (χ1v) is 3.49. The van der Waals surface area contributed by atoms with Crippen molar-refractivity contribution in [3.05, 3.63) is 12.3 Å². The fourth-order valence-corrected chi connectivity index (χ4v) is 0.604. The first kappa shape index (κ1) is 5.92. The second kappa shape index (κ2) is 4.92. The summed E-state index contributed by atoms with van der Waals surface area (Å²) in [7, 11) is -0.314. The second-order valence-electron chi connectivity index (χ2n) is 0.948. The van der Waals surface area contributed by atoms with Gasteiger partial charge in [-0.15, -0.1) is 6.58 Å². The van der Waals surface area contributed by atoms with Gasteiger partial charge in [0.2, 0.25) is 0 Å². The Bertz CT molecular complexity index is 36.5. The summed E-state index contributed by atoms with van der Waals surface area (Å²) < 4.78 is 5.00. The van der Waals surface area contributed by atoms with E-state index in [0.29, 0.717) is 0 Å². The molecular formula is C4H10OSi. The fourth-order valence-electron chi connectivity index (χ4n) is 0.201. The predicted molar refractivity (Wildman–Crippen MR) is 30.4 cm³/mol. The molecule has 0 aliphatic rings. The molecule has 2 heteroatoms. The molecule has 0 aromatic rings. The molecule has 0 N–H and O–H groups in total. The predicted octanol–water partition coefficient (Wildman–Crippen LogP) is 0.250. The Kier molecular flexibility index (Phi) is 4.85. The van der Waals surface area contributed by atoms with Gasteiger partial charge in [-0.25, -0.2) is 0 Å². The molecule has 36 valence electrons. The van der Waals surface area contributed by atoms with Gasteiger partial charge in [0.15, 0.2) is 9.76 Å². The Morgan fingerprint density at radius 1 is 2.00 bits per heavy atom.